The molecule has 1 aromatic carbocycles. The smallest absolute Gasteiger partial charge is 0.262 e. The fraction of sp³-hybridized carbons (Fsp3) is 0.375. The fourth-order valence-electron chi connectivity index (χ4n) is 2.83. The minimum atomic E-state index is -3.74. The summed E-state index contributed by atoms with van der Waals surface area (Å²) >= 11 is 0. The first-order valence-electron chi connectivity index (χ1n) is 7.91. The molecule has 3 rings (SSSR count). The number of carbonyl (C=O) groups excluding carboxylic acids is 1. The minimum absolute atomic E-state index is 0.0369. The van der Waals surface area contributed by atoms with Crippen LogP contribution in [0.5, 0.6) is 0 Å². The number of amides is 1. The van der Waals surface area contributed by atoms with E-state index in [0.717, 1.165) is 0 Å². The normalized spacial score (nSPS) is 18.9. The number of imidazole rings is 1. The number of rotatable bonds is 4. The molecule has 0 saturated carbocycles. The third kappa shape index (κ3) is 3.72. The van der Waals surface area contributed by atoms with Crippen LogP contribution in [0.1, 0.15) is 12.8 Å². The van der Waals surface area contributed by atoms with Gasteiger partial charge in [-0.05, 0) is 25.0 Å². The van der Waals surface area contributed by atoms with E-state index < -0.39 is 21.8 Å². The molecule has 1 saturated heterocycles. The molecular weight excluding hydrogens is 347 g/mol. The number of benzene rings is 1. The molecule has 1 atom stereocenters. The highest BCUT2D eigenvalue weighted by Gasteiger charge is 2.34. The summed E-state index contributed by atoms with van der Waals surface area (Å²) in [6, 6.07) is 5.89. The van der Waals surface area contributed by atoms with E-state index in [1.54, 1.807) is 17.7 Å². The van der Waals surface area contributed by atoms with Crippen molar-refractivity contribution in [2.75, 3.05) is 18.4 Å². The summed E-state index contributed by atoms with van der Waals surface area (Å²) in [5.41, 5.74) is 0.0946. The average Bonchev–Trinajstić information content (AvgIpc) is 3.04. The Hall–Kier alpha value is -2.26. The maximum atomic E-state index is 13.7. The maximum Gasteiger partial charge on any atom is 0.262 e. The van der Waals surface area contributed by atoms with Crippen LogP contribution < -0.4 is 5.32 Å². The molecule has 1 aliphatic rings. The molecule has 0 aliphatic carbocycles. The Kier molecular flexibility index (Phi) is 4.87. The molecule has 1 N–H and O–H groups in total. The molecule has 0 radical (unpaired) electrons. The number of nitrogens with zero attached hydrogens (tertiary/aromatic N) is 3. The first-order chi connectivity index (χ1) is 11.9. The van der Waals surface area contributed by atoms with Gasteiger partial charge in [-0.15, -0.1) is 0 Å². The fourth-order valence-corrected chi connectivity index (χ4v) is 4.32. The van der Waals surface area contributed by atoms with Crippen molar-refractivity contribution in [1.29, 1.82) is 0 Å². The Morgan fingerprint density at radius 3 is 2.80 bits per heavy atom. The predicted octanol–water partition coefficient (Wildman–Crippen LogP) is 1.60. The molecular formula is C16H19FN4O3S. The Morgan fingerprint density at radius 1 is 1.36 bits per heavy atom. The number of piperidine rings is 1. The Balaban J connectivity index is 1.73. The molecule has 2 aromatic rings. The van der Waals surface area contributed by atoms with E-state index in [0.29, 0.717) is 19.4 Å². The van der Waals surface area contributed by atoms with E-state index in [1.165, 1.54) is 35.0 Å². The van der Waals surface area contributed by atoms with Crippen LogP contribution in [0, 0.1) is 11.7 Å². The Morgan fingerprint density at radius 2 is 2.12 bits per heavy atom. The molecule has 9 heteroatoms. The summed E-state index contributed by atoms with van der Waals surface area (Å²) < 4.78 is 41.8. The molecule has 1 amide bonds. The molecule has 0 bridgehead atoms. The van der Waals surface area contributed by atoms with Gasteiger partial charge in [-0.3, -0.25) is 4.79 Å². The summed E-state index contributed by atoms with van der Waals surface area (Å²) in [7, 11) is -2.05. The van der Waals surface area contributed by atoms with E-state index in [4.69, 9.17) is 0 Å². The first kappa shape index (κ1) is 17.6. The standard InChI is InChI=1S/C16H19FN4O3S/c1-20-10-15(18-11-20)25(23,24)21-8-4-5-12(9-21)16(22)19-14-7-3-2-6-13(14)17/h2-3,6-7,10-12H,4-5,8-9H2,1H3,(H,19,22). The summed E-state index contributed by atoms with van der Waals surface area (Å²) in [4.78, 5) is 16.3. The van der Waals surface area contributed by atoms with Gasteiger partial charge in [0, 0.05) is 26.3 Å². The van der Waals surface area contributed by atoms with E-state index in [1.807, 2.05) is 0 Å². The zero-order chi connectivity index (χ0) is 18.0. The number of aryl methyl sites for hydroxylation is 1. The van der Waals surface area contributed by atoms with Gasteiger partial charge in [0.05, 0.1) is 17.9 Å². The van der Waals surface area contributed by atoms with Crippen molar-refractivity contribution in [1.82, 2.24) is 13.9 Å². The molecule has 0 spiro atoms. The minimum Gasteiger partial charge on any atom is -0.339 e. The molecule has 25 heavy (non-hydrogen) atoms. The SMILES string of the molecule is Cn1cnc(S(=O)(=O)N2CCCC(C(=O)Nc3ccccc3F)C2)c1. The molecule has 1 fully saturated rings. The van der Waals surface area contributed by atoms with Crippen LogP contribution in [0.25, 0.3) is 0 Å². The van der Waals surface area contributed by atoms with Gasteiger partial charge < -0.3 is 9.88 Å². The summed E-state index contributed by atoms with van der Waals surface area (Å²) in [5, 5.41) is 2.50. The zero-order valence-corrected chi connectivity index (χ0v) is 14.5. The van der Waals surface area contributed by atoms with Crippen LogP contribution in [0.15, 0.2) is 41.8 Å². The largest absolute Gasteiger partial charge is 0.339 e. The van der Waals surface area contributed by atoms with Crippen molar-refractivity contribution < 1.29 is 17.6 Å². The second-order valence-electron chi connectivity index (χ2n) is 6.05. The van der Waals surface area contributed by atoms with Gasteiger partial charge in [0.1, 0.15) is 5.82 Å². The summed E-state index contributed by atoms with van der Waals surface area (Å²) in [6.07, 6.45) is 3.95. The Labute approximate surface area is 145 Å². The quantitative estimate of drug-likeness (QED) is 0.891. The third-order valence-electron chi connectivity index (χ3n) is 4.17. The van der Waals surface area contributed by atoms with Gasteiger partial charge in [-0.1, -0.05) is 12.1 Å². The number of anilines is 1. The van der Waals surface area contributed by atoms with E-state index >= 15 is 0 Å². The molecule has 1 aliphatic heterocycles. The van der Waals surface area contributed by atoms with Crippen LogP contribution in [0.4, 0.5) is 10.1 Å². The summed E-state index contributed by atoms with van der Waals surface area (Å²) in [5.74, 6) is -1.44. The second kappa shape index (κ2) is 6.93. The second-order valence-corrected chi connectivity index (χ2v) is 7.93. The number of para-hydroxylation sites is 1. The van der Waals surface area contributed by atoms with Crippen molar-refractivity contribution in [2.45, 2.75) is 17.9 Å². The van der Waals surface area contributed by atoms with Gasteiger partial charge in [-0.25, -0.2) is 17.8 Å². The van der Waals surface area contributed by atoms with Crippen LogP contribution in [-0.2, 0) is 21.9 Å². The third-order valence-corrected chi connectivity index (χ3v) is 5.92. The van der Waals surface area contributed by atoms with Crippen LogP contribution in [0.3, 0.4) is 0 Å². The van der Waals surface area contributed by atoms with Crippen molar-refractivity contribution in [3.63, 3.8) is 0 Å². The zero-order valence-electron chi connectivity index (χ0n) is 13.7. The number of sulfonamides is 1. The van der Waals surface area contributed by atoms with E-state index in [9.17, 15) is 17.6 Å². The highest BCUT2D eigenvalue weighted by atomic mass is 32.2. The Bertz CT molecular complexity index is 881. The number of halogens is 1. The topological polar surface area (TPSA) is 84.3 Å². The lowest BCUT2D eigenvalue weighted by Gasteiger charge is -2.30. The van der Waals surface area contributed by atoms with Crippen LogP contribution >= 0.6 is 0 Å². The van der Waals surface area contributed by atoms with Crippen molar-refractivity contribution in [3.05, 3.63) is 42.6 Å². The lowest BCUT2D eigenvalue weighted by molar-refractivity contribution is -0.120. The van der Waals surface area contributed by atoms with Gasteiger partial charge in [0.25, 0.3) is 10.0 Å². The van der Waals surface area contributed by atoms with Crippen LogP contribution in [-0.4, -0.2) is 41.3 Å². The number of hydrogen-bond acceptors (Lipinski definition) is 4. The first-order valence-corrected chi connectivity index (χ1v) is 9.35. The summed E-state index contributed by atoms with van der Waals surface area (Å²) in [6.45, 7) is 0.390. The van der Waals surface area contributed by atoms with Gasteiger partial charge in [0.15, 0.2) is 5.03 Å². The predicted molar refractivity (Wildman–Crippen MR) is 89.7 cm³/mol. The molecule has 7 nitrogen and oxygen atoms in total. The van der Waals surface area contributed by atoms with Gasteiger partial charge >= 0.3 is 0 Å². The number of hydrogen-bond donors (Lipinski definition) is 1. The maximum absolute atomic E-state index is 13.7. The van der Waals surface area contributed by atoms with Crippen molar-refractivity contribution in [2.24, 2.45) is 13.0 Å². The van der Waals surface area contributed by atoms with Crippen molar-refractivity contribution in [3.8, 4) is 0 Å². The van der Waals surface area contributed by atoms with Crippen LogP contribution in [0.2, 0.25) is 0 Å². The van der Waals surface area contributed by atoms with Gasteiger partial charge in [-0.2, -0.15) is 4.31 Å². The number of carbonyl (C=O) groups is 1. The number of nitrogens with one attached hydrogen (secondary N) is 1. The molecule has 1 aromatic heterocycles. The average molecular weight is 366 g/mol. The molecule has 134 valence electrons. The van der Waals surface area contributed by atoms with Gasteiger partial charge in [0.2, 0.25) is 5.91 Å². The molecule has 1 unspecified atom stereocenters. The lowest BCUT2D eigenvalue weighted by Crippen LogP contribution is -2.43. The van der Waals surface area contributed by atoms with E-state index in [2.05, 4.69) is 10.3 Å². The monoisotopic (exact) mass is 366 g/mol. The number of aromatic nitrogens is 2. The highest BCUT2D eigenvalue weighted by molar-refractivity contribution is 7.89. The van der Waals surface area contributed by atoms with Crippen molar-refractivity contribution >= 4 is 21.6 Å². The van der Waals surface area contributed by atoms with E-state index in [-0.39, 0.29) is 23.2 Å². The highest BCUT2D eigenvalue weighted by Crippen LogP contribution is 2.24. The molecule has 2 heterocycles. The lowest BCUT2D eigenvalue weighted by atomic mass is 9.98.